The van der Waals surface area contributed by atoms with E-state index in [2.05, 4.69) is 0 Å². The molecule has 0 bridgehead atoms. The summed E-state index contributed by atoms with van der Waals surface area (Å²) in [5.41, 5.74) is 2.05. The quantitative estimate of drug-likeness (QED) is 0.789. The van der Waals surface area contributed by atoms with Gasteiger partial charge in [-0.25, -0.2) is 0 Å². The summed E-state index contributed by atoms with van der Waals surface area (Å²) in [6.45, 7) is 3.36. The van der Waals surface area contributed by atoms with Crippen molar-refractivity contribution < 1.29 is 14.7 Å². The molecule has 0 unspecified atom stereocenters. The average Bonchev–Trinajstić information content (AvgIpc) is 2.73. The number of rotatable bonds is 2. The van der Waals surface area contributed by atoms with Crippen LogP contribution in [0.1, 0.15) is 23.4 Å². The van der Waals surface area contributed by atoms with Crippen LogP contribution in [0.15, 0.2) is 24.3 Å². The van der Waals surface area contributed by atoms with Gasteiger partial charge in [-0.1, -0.05) is 29.8 Å². The average molecular weight is 264 g/mol. The van der Waals surface area contributed by atoms with Crippen LogP contribution in [-0.2, 0) is 9.59 Å². The molecule has 0 aromatic heterocycles. The van der Waals surface area contributed by atoms with Gasteiger partial charge < -0.3 is 14.8 Å². The Morgan fingerprint density at radius 2 is 2.17 bits per heavy atom. The van der Waals surface area contributed by atoms with Crippen LogP contribution in [-0.4, -0.2) is 28.6 Å². The van der Waals surface area contributed by atoms with E-state index < -0.39 is 12.0 Å². The first kappa shape index (κ1) is 13.0. The Morgan fingerprint density at radius 3 is 2.72 bits per heavy atom. The minimum Gasteiger partial charge on any atom is -0.548 e. The number of carbonyl (C=O) groups excluding carboxylic acids is 2. The van der Waals surface area contributed by atoms with Gasteiger partial charge >= 0.3 is 0 Å². The van der Waals surface area contributed by atoms with Gasteiger partial charge in [0.25, 0.3) is 0 Å². The predicted molar refractivity (Wildman–Crippen MR) is 67.7 cm³/mol. The molecule has 2 rings (SSSR count). The molecule has 0 saturated carbocycles. The Labute approximate surface area is 110 Å². The number of hydrogen-bond donors (Lipinski definition) is 0. The Kier molecular flexibility index (Phi) is 3.61. The lowest BCUT2D eigenvalue weighted by Gasteiger charge is -2.29. The van der Waals surface area contributed by atoms with Crippen LogP contribution in [0.2, 0.25) is 0 Å². The molecular weight excluding hydrogens is 250 g/mol. The molecule has 18 heavy (non-hydrogen) atoms. The molecule has 0 N–H and O–H groups in total. The molecular formula is C13H14NO3S-. The highest BCUT2D eigenvalue weighted by atomic mass is 32.2. The number of aliphatic carboxylic acids is 1. The first-order chi connectivity index (χ1) is 8.50. The van der Waals surface area contributed by atoms with E-state index in [1.807, 2.05) is 31.2 Å². The number of hydrogen-bond acceptors (Lipinski definition) is 4. The third-order valence-corrected chi connectivity index (χ3v) is 4.29. The van der Waals surface area contributed by atoms with E-state index >= 15 is 0 Å². The van der Waals surface area contributed by atoms with Crippen molar-refractivity contribution in [3.05, 3.63) is 35.4 Å². The molecule has 96 valence electrons. The van der Waals surface area contributed by atoms with Crippen molar-refractivity contribution in [2.24, 2.45) is 0 Å². The maximum Gasteiger partial charge on any atom is 0.221 e. The summed E-state index contributed by atoms with van der Waals surface area (Å²) in [6.07, 6.45) is 0. The number of thioether (sulfide) groups is 1. The summed E-state index contributed by atoms with van der Waals surface area (Å²) < 4.78 is 0. The van der Waals surface area contributed by atoms with E-state index in [-0.39, 0.29) is 11.3 Å². The molecule has 1 aromatic carbocycles. The molecule has 1 aliphatic rings. The first-order valence-electron chi connectivity index (χ1n) is 5.68. The molecule has 4 nitrogen and oxygen atoms in total. The highest BCUT2D eigenvalue weighted by molar-refractivity contribution is 7.99. The van der Waals surface area contributed by atoms with Gasteiger partial charge in [-0.3, -0.25) is 4.79 Å². The predicted octanol–water partition coefficient (Wildman–Crippen LogP) is 0.707. The molecule has 2 atom stereocenters. The zero-order chi connectivity index (χ0) is 13.3. The molecule has 1 fully saturated rings. The smallest absolute Gasteiger partial charge is 0.221 e. The molecule has 1 aliphatic heterocycles. The van der Waals surface area contributed by atoms with E-state index in [1.54, 1.807) is 0 Å². The van der Waals surface area contributed by atoms with E-state index in [9.17, 15) is 14.7 Å². The molecule has 0 radical (unpaired) electrons. The van der Waals surface area contributed by atoms with Gasteiger partial charge in [-0.15, -0.1) is 11.8 Å². The van der Waals surface area contributed by atoms with Gasteiger partial charge in [0, 0.05) is 12.7 Å². The second-order valence-electron chi connectivity index (χ2n) is 4.36. The summed E-state index contributed by atoms with van der Waals surface area (Å²) in [5.74, 6) is -1.05. The number of carbonyl (C=O) groups is 2. The van der Waals surface area contributed by atoms with Gasteiger partial charge in [0.05, 0.1) is 12.0 Å². The second-order valence-corrected chi connectivity index (χ2v) is 5.47. The monoisotopic (exact) mass is 264 g/mol. The standard InChI is InChI=1S/C13H15NO3S/c1-8-4-3-5-10(6-8)12-14(9(2)15)11(7-18-12)13(16)17/h3-6,11-12H,7H2,1-2H3,(H,16,17)/p-1/t11-,12-/m0/s1. The van der Waals surface area contributed by atoms with Crippen molar-refractivity contribution in [2.45, 2.75) is 25.3 Å². The molecule has 1 heterocycles. The summed E-state index contributed by atoms with van der Waals surface area (Å²) in [5, 5.41) is 10.8. The number of benzene rings is 1. The van der Waals surface area contributed by atoms with Gasteiger partial charge in [0.1, 0.15) is 5.37 Å². The van der Waals surface area contributed by atoms with Crippen molar-refractivity contribution in [2.75, 3.05) is 5.75 Å². The van der Waals surface area contributed by atoms with Crippen LogP contribution >= 0.6 is 11.8 Å². The minimum atomic E-state index is -1.19. The Morgan fingerprint density at radius 1 is 1.44 bits per heavy atom. The minimum absolute atomic E-state index is 0.231. The molecule has 5 heteroatoms. The Balaban J connectivity index is 2.33. The number of carboxylic acid groups (broad SMARTS) is 1. The van der Waals surface area contributed by atoms with Crippen LogP contribution < -0.4 is 5.11 Å². The molecule has 1 aromatic rings. The topological polar surface area (TPSA) is 60.4 Å². The van der Waals surface area contributed by atoms with E-state index in [0.717, 1.165) is 11.1 Å². The van der Waals surface area contributed by atoms with E-state index in [4.69, 9.17) is 0 Å². The van der Waals surface area contributed by atoms with Crippen molar-refractivity contribution >= 4 is 23.6 Å². The number of carboxylic acids is 1. The van der Waals surface area contributed by atoms with Crippen molar-refractivity contribution in [1.29, 1.82) is 0 Å². The number of aryl methyl sites for hydroxylation is 1. The SMILES string of the molecule is CC(=O)N1[C@H](C(=O)[O-])CS[C@H]1c1cccc(C)c1. The normalized spacial score (nSPS) is 23.1. The lowest BCUT2D eigenvalue weighted by atomic mass is 10.1. The summed E-state index contributed by atoms with van der Waals surface area (Å²) in [6, 6.07) is 6.94. The zero-order valence-electron chi connectivity index (χ0n) is 10.3. The van der Waals surface area contributed by atoms with Crippen LogP contribution in [0.3, 0.4) is 0 Å². The van der Waals surface area contributed by atoms with Crippen molar-refractivity contribution in [1.82, 2.24) is 4.90 Å². The van der Waals surface area contributed by atoms with Gasteiger partial charge in [-0.2, -0.15) is 0 Å². The fourth-order valence-electron chi connectivity index (χ4n) is 2.15. The van der Waals surface area contributed by atoms with Gasteiger partial charge in [0.15, 0.2) is 0 Å². The zero-order valence-corrected chi connectivity index (χ0v) is 11.1. The van der Waals surface area contributed by atoms with Gasteiger partial charge in [-0.05, 0) is 12.5 Å². The van der Waals surface area contributed by atoms with Crippen molar-refractivity contribution in [3.63, 3.8) is 0 Å². The maximum absolute atomic E-state index is 11.7. The molecule has 1 saturated heterocycles. The van der Waals surface area contributed by atoms with Gasteiger partial charge in [0.2, 0.25) is 5.91 Å². The number of nitrogens with zero attached hydrogens (tertiary/aromatic N) is 1. The third-order valence-electron chi connectivity index (χ3n) is 2.96. The molecule has 1 amide bonds. The second kappa shape index (κ2) is 5.02. The Hall–Kier alpha value is -1.49. The van der Waals surface area contributed by atoms with Crippen LogP contribution in [0.25, 0.3) is 0 Å². The van der Waals surface area contributed by atoms with E-state index in [1.165, 1.54) is 23.6 Å². The lowest BCUT2D eigenvalue weighted by Crippen LogP contribution is -2.48. The van der Waals surface area contributed by atoms with Crippen LogP contribution in [0.4, 0.5) is 0 Å². The highest BCUT2D eigenvalue weighted by Gasteiger charge is 2.37. The maximum atomic E-state index is 11.7. The van der Waals surface area contributed by atoms with E-state index in [0.29, 0.717) is 5.75 Å². The van der Waals surface area contributed by atoms with Crippen LogP contribution in [0.5, 0.6) is 0 Å². The fourth-order valence-corrected chi connectivity index (χ4v) is 3.61. The third kappa shape index (κ3) is 2.36. The van der Waals surface area contributed by atoms with Crippen LogP contribution in [0, 0.1) is 6.92 Å². The summed E-state index contributed by atoms with van der Waals surface area (Å²) in [7, 11) is 0. The van der Waals surface area contributed by atoms with Crippen molar-refractivity contribution in [3.8, 4) is 0 Å². The first-order valence-corrected chi connectivity index (χ1v) is 6.73. The highest BCUT2D eigenvalue weighted by Crippen LogP contribution is 2.41. The summed E-state index contributed by atoms with van der Waals surface area (Å²) in [4.78, 5) is 24.1. The lowest BCUT2D eigenvalue weighted by molar-refractivity contribution is -0.310. The fraction of sp³-hybridized carbons (Fsp3) is 0.385. The number of amides is 1. The Bertz CT molecular complexity index is 489. The molecule has 0 spiro atoms. The summed E-state index contributed by atoms with van der Waals surface area (Å²) >= 11 is 1.46. The molecule has 0 aliphatic carbocycles. The largest absolute Gasteiger partial charge is 0.548 e.